The number of aromatic nitrogens is 5. The van der Waals surface area contributed by atoms with Crippen molar-refractivity contribution in [1.82, 2.24) is 19.1 Å². The number of fused-ring (bicyclic) bond motifs is 1. The number of aromatic amines is 1. The molecule has 0 aliphatic heterocycles. The number of hydrogen-bond donors (Lipinski definition) is 1. The van der Waals surface area contributed by atoms with E-state index < -0.39 is 5.69 Å². The molecular weight excluding hydrogens is 265 g/mol. The van der Waals surface area contributed by atoms with Crippen LogP contribution in [0, 0.1) is 0 Å². The number of hydrogen-bond acceptors (Lipinski definition) is 3. The van der Waals surface area contributed by atoms with Crippen molar-refractivity contribution in [3.63, 3.8) is 0 Å². The number of H-pyrrole nitrogens is 1. The summed E-state index contributed by atoms with van der Waals surface area (Å²) in [6, 6.07) is 5.59. The normalized spacial score (nSPS) is 10.5. The highest BCUT2D eigenvalue weighted by Gasteiger charge is 2.20. The molecular formula is C12H12FN5O2. The van der Waals surface area contributed by atoms with E-state index in [-0.39, 0.29) is 10.3 Å². The van der Waals surface area contributed by atoms with E-state index in [0.717, 1.165) is 4.57 Å². The lowest BCUT2D eigenvalue weighted by Gasteiger charge is -1.98. The topological polar surface area (TPSA) is 76.6 Å². The van der Waals surface area contributed by atoms with Gasteiger partial charge in [0.1, 0.15) is 0 Å². The van der Waals surface area contributed by atoms with Gasteiger partial charge in [0.25, 0.3) is 11.2 Å². The minimum Gasteiger partial charge on any atom is -1.00 e. The van der Waals surface area contributed by atoms with Gasteiger partial charge in [0.15, 0.2) is 0 Å². The number of aryl methyl sites for hydroxylation is 1. The van der Waals surface area contributed by atoms with Crippen LogP contribution < -0.4 is 20.5 Å². The molecule has 8 heteroatoms. The first-order chi connectivity index (χ1) is 9.09. The molecule has 0 unspecified atom stereocenters. The Labute approximate surface area is 112 Å². The van der Waals surface area contributed by atoms with Crippen LogP contribution >= 0.6 is 0 Å². The second kappa shape index (κ2) is 4.72. The fourth-order valence-corrected chi connectivity index (χ4v) is 1.98. The van der Waals surface area contributed by atoms with Crippen molar-refractivity contribution in [2.75, 3.05) is 0 Å². The van der Waals surface area contributed by atoms with Crippen molar-refractivity contribution in [2.24, 2.45) is 14.1 Å². The predicted octanol–water partition coefficient (Wildman–Crippen LogP) is -3.76. The first-order valence-corrected chi connectivity index (χ1v) is 5.72. The SMILES string of the molecule is Cn1c(=O)c2[nH]c(-[n+]3ccccc3)nc2n(C)c1=O.[F-]. The second-order valence-electron chi connectivity index (χ2n) is 4.25. The number of halogens is 1. The summed E-state index contributed by atoms with van der Waals surface area (Å²) in [4.78, 5) is 31.1. The Bertz CT molecular complexity index is 878. The largest absolute Gasteiger partial charge is 1.00 e. The van der Waals surface area contributed by atoms with Crippen molar-refractivity contribution in [3.05, 3.63) is 51.4 Å². The summed E-state index contributed by atoms with van der Waals surface area (Å²) in [5, 5.41) is 0. The van der Waals surface area contributed by atoms with E-state index >= 15 is 0 Å². The van der Waals surface area contributed by atoms with Gasteiger partial charge in [0, 0.05) is 14.1 Å². The van der Waals surface area contributed by atoms with Crippen LogP contribution in [0.25, 0.3) is 17.1 Å². The summed E-state index contributed by atoms with van der Waals surface area (Å²) < 4.78 is 4.14. The summed E-state index contributed by atoms with van der Waals surface area (Å²) in [7, 11) is 3.03. The zero-order chi connectivity index (χ0) is 13.6. The molecule has 3 aromatic heterocycles. The molecule has 0 aliphatic carbocycles. The van der Waals surface area contributed by atoms with Crippen molar-refractivity contribution >= 4 is 11.2 Å². The molecule has 0 aliphatic rings. The summed E-state index contributed by atoms with van der Waals surface area (Å²) >= 11 is 0. The number of nitrogens with one attached hydrogen (secondary N) is 1. The number of imidazole rings is 1. The average Bonchev–Trinajstić information content (AvgIpc) is 2.89. The van der Waals surface area contributed by atoms with E-state index in [0.29, 0.717) is 17.1 Å². The van der Waals surface area contributed by atoms with Gasteiger partial charge in [-0.15, -0.1) is 0 Å². The summed E-state index contributed by atoms with van der Waals surface area (Å²) in [5.41, 5.74) is -0.114. The van der Waals surface area contributed by atoms with Crippen LogP contribution in [0.5, 0.6) is 0 Å². The Hall–Kier alpha value is -2.77. The fraction of sp³-hybridized carbons (Fsp3) is 0.167. The van der Waals surface area contributed by atoms with Gasteiger partial charge in [-0.1, -0.05) is 6.07 Å². The third-order valence-corrected chi connectivity index (χ3v) is 3.04. The van der Waals surface area contributed by atoms with Gasteiger partial charge in [-0.3, -0.25) is 13.9 Å². The summed E-state index contributed by atoms with van der Waals surface area (Å²) in [5.74, 6) is 0.494. The molecule has 1 N–H and O–H groups in total. The van der Waals surface area contributed by atoms with Gasteiger partial charge in [0.05, 0.1) is 12.4 Å². The Morgan fingerprint density at radius 1 is 1.10 bits per heavy atom. The molecule has 20 heavy (non-hydrogen) atoms. The molecule has 0 radical (unpaired) electrons. The van der Waals surface area contributed by atoms with Crippen LogP contribution in [0.1, 0.15) is 0 Å². The van der Waals surface area contributed by atoms with Crippen molar-refractivity contribution < 1.29 is 9.27 Å². The Morgan fingerprint density at radius 3 is 2.40 bits per heavy atom. The summed E-state index contributed by atoms with van der Waals surface area (Å²) in [6.45, 7) is 0. The van der Waals surface area contributed by atoms with Gasteiger partial charge >= 0.3 is 11.6 Å². The average molecular weight is 277 g/mol. The van der Waals surface area contributed by atoms with E-state index in [9.17, 15) is 9.59 Å². The molecule has 7 nitrogen and oxygen atoms in total. The van der Waals surface area contributed by atoms with E-state index in [1.54, 1.807) is 24.0 Å². The summed E-state index contributed by atoms with van der Waals surface area (Å²) in [6.07, 6.45) is 3.61. The van der Waals surface area contributed by atoms with Crippen LogP contribution in [-0.4, -0.2) is 19.1 Å². The van der Waals surface area contributed by atoms with E-state index in [1.807, 2.05) is 18.2 Å². The Balaban J connectivity index is 0.00000147. The first kappa shape index (κ1) is 13.7. The number of nitrogens with zero attached hydrogens (tertiary/aromatic N) is 4. The molecule has 0 atom stereocenters. The fourth-order valence-electron chi connectivity index (χ4n) is 1.98. The second-order valence-corrected chi connectivity index (χ2v) is 4.25. The van der Waals surface area contributed by atoms with E-state index in [1.165, 1.54) is 11.6 Å². The van der Waals surface area contributed by atoms with Crippen LogP contribution in [0.4, 0.5) is 0 Å². The maximum absolute atomic E-state index is 12.0. The molecule has 3 rings (SSSR count). The standard InChI is InChI=1S/C12H11N5O2.FH/c1-15-9-8(10(18)16(2)12(15)19)13-11(14-9)17-6-4-3-5-7-17;/h3-7H,1-2H3;1H. The molecule has 0 saturated carbocycles. The molecule has 0 bridgehead atoms. The Morgan fingerprint density at radius 2 is 1.75 bits per heavy atom. The predicted molar refractivity (Wildman–Crippen MR) is 68.1 cm³/mol. The van der Waals surface area contributed by atoms with Gasteiger partial charge in [-0.05, 0) is 17.1 Å². The molecule has 3 aromatic rings. The third kappa shape index (κ3) is 1.81. The Kier molecular flexibility index (Phi) is 3.23. The highest BCUT2D eigenvalue weighted by molar-refractivity contribution is 5.70. The minimum atomic E-state index is -0.395. The lowest BCUT2D eigenvalue weighted by atomic mass is 10.5. The molecule has 0 fully saturated rings. The van der Waals surface area contributed by atoms with Crippen LogP contribution in [0.3, 0.4) is 0 Å². The molecule has 0 amide bonds. The molecule has 0 saturated heterocycles. The van der Waals surface area contributed by atoms with Crippen molar-refractivity contribution in [2.45, 2.75) is 0 Å². The maximum Gasteiger partial charge on any atom is 0.403 e. The third-order valence-electron chi connectivity index (χ3n) is 3.04. The molecule has 0 aromatic carbocycles. The highest BCUT2D eigenvalue weighted by atomic mass is 19.0. The van der Waals surface area contributed by atoms with Crippen molar-refractivity contribution in [3.8, 4) is 5.95 Å². The van der Waals surface area contributed by atoms with Crippen molar-refractivity contribution in [1.29, 1.82) is 0 Å². The number of pyridine rings is 1. The van der Waals surface area contributed by atoms with Crippen LogP contribution in [0.15, 0.2) is 40.2 Å². The maximum atomic E-state index is 12.0. The quantitative estimate of drug-likeness (QED) is 0.464. The lowest BCUT2D eigenvalue weighted by Crippen LogP contribution is -3.00. The van der Waals surface area contributed by atoms with Gasteiger partial charge in [0.2, 0.25) is 5.52 Å². The van der Waals surface area contributed by atoms with Crippen LogP contribution in [-0.2, 0) is 14.1 Å². The number of rotatable bonds is 1. The minimum absolute atomic E-state index is 0. The van der Waals surface area contributed by atoms with Gasteiger partial charge in [-0.2, -0.15) is 0 Å². The first-order valence-electron chi connectivity index (χ1n) is 5.72. The molecule has 3 heterocycles. The molecule has 0 spiro atoms. The van der Waals surface area contributed by atoms with E-state index in [2.05, 4.69) is 9.97 Å². The van der Waals surface area contributed by atoms with Gasteiger partial charge < -0.3 is 4.70 Å². The van der Waals surface area contributed by atoms with Crippen LogP contribution in [0.2, 0.25) is 0 Å². The van der Waals surface area contributed by atoms with E-state index in [4.69, 9.17) is 0 Å². The zero-order valence-electron chi connectivity index (χ0n) is 10.9. The highest BCUT2D eigenvalue weighted by Crippen LogP contribution is 2.03. The van der Waals surface area contributed by atoms with Gasteiger partial charge in [-0.25, -0.2) is 14.3 Å². The monoisotopic (exact) mass is 277 g/mol. The smallest absolute Gasteiger partial charge is 0.403 e. The molecule has 104 valence electrons. The zero-order valence-corrected chi connectivity index (χ0v) is 10.9. The lowest BCUT2D eigenvalue weighted by molar-refractivity contribution is -0.603.